The number of carbonyl (C=O) groups excluding carboxylic acids is 1. The van der Waals surface area contributed by atoms with E-state index in [1.165, 1.54) is 6.42 Å². The van der Waals surface area contributed by atoms with E-state index in [4.69, 9.17) is 9.47 Å². The molecule has 1 aliphatic carbocycles. The number of hydrogen-bond donors (Lipinski definition) is 3. The lowest BCUT2D eigenvalue weighted by molar-refractivity contribution is -0.186. The van der Waals surface area contributed by atoms with Crippen LogP contribution in [0.5, 0.6) is 0 Å². The normalized spacial score (nSPS) is 23.3. The summed E-state index contributed by atoms with van der Waals surface area (Å²) in [6.07, 6.45) is 5.89. The molecule has 3 rings (SSSR count). The number of ether oxygens (including phenoxy) is 2. The lowest BCUT2D eigenvalue weighted by atomic mass is 9.94. The molecule has 1 heterocycles. The van der Waals surface area contributed by atoms with Gasteiger partial charge in [0.25, 0.3) is 0 Å². The van der Waals surface area contributed by atoms with E-state index in [-0.39, 0.29) is 24.8 Å². The highest BCUT2D eigenvalue weighted by atomic mass is 16.7. The topological polar surface area (TPSA) is 79.8 Å². The summed E-state index contributed by atoms with van der Waals surface area (Å²) in [5, 5.41) is 15.1. The Morgan fingerprint density at radius 2 is 2.00 bits per heavy atom. The molecular weight excluding hydrogens is 320 g/mol. The first kappa shape index (κ1) is 18.2. The first-order valence-corrected chi connectivity index (χ1v) is 9.20. The number of carbonyl (C=O) groups is 1. The third-order valence-corrected chi connectivity index (χ3v) is 4.90. The summed E-state index contributed by atoms with van der Waals surface area (Å²) in [5.41, 5.74) is 1.08. The summed E-state index contributed by atoms with van der Waals surface area (Å²) in [7, 11) is 0. The van der Waals surface area contributed by atoms with Crippen LogP contribution in [0.2, 0.25) is 0 Å². The summed E-state index contributed by atoms with van der Waals surface area (Å²) in [5.74, 6) is -0.415. The van der Waals surface area contributed by atoms with Crippen molar-refractivity contribution in [1.29, 1.82) is 0 Å². The monoisotopic (exact) mass is 348 g/mol. The molecule has 2 fully saturated rings. The molecular formula is C19H28N2O4. The van der Waals surface area contributed by atoms with E-state index >= 15 is 0 Å². The van der Waals surface area contributed by atoms with Crippen molar-refractivity contribution in [3.8, 4) is 0 Å². The Kier molecular flexibility index (Phi) is 6.29. The Balaban J connectivity index is 1.40. The van der Waals surface area contributed by atoms with Crippen LogP contribution in [0.3, 0.4) is 0 Å². The molecule has 1 aliphatic heterocycles. The van der Waals surface area contributed by atoms with Crippen LogP contribution < -0.4 is 10.6 Å². The Labute approximate surface area is 148 Å². The van der Waals surface area contributed by atoms with E-state index in [9.17, 15) is 9.90 Å². The number of hydrogen-bond acceptors (Lipinski definition) is 4. The highest BCUT2D eigenvalue weighted by Gasteiger charge is 2.42. The van der Waals surface area contributed by atoms with Gasteiger partial charge in [0.15, 0.2) is 5.79 Å². The molecule has 25 heavy (non-hydrogen) atoms. The van der Waals surface area contributed by atoms with Gasteiger partial charge in [-0.15, -0.1) is 0 Å². The lowest BCUT2D eigenvalue weighted by Crippen LogP contribution is -2.47. The standard InChI is InChI=1S/C19H28N2O4/c22-13-16(11-15-7-3-1-4-8-15)21-18(23)20-12-17-14-24-19(25-17)9-5-2-6-10-19/h1,3-4,7-8,16-17,22H,2,5-6,9-14H2,(H2,20,21,23)/t16-,17-/m0/s1. The van der Waals surface area contributed by atoms with E-state index < -0.39 is 5.79 Å². The molecule has 1 aromatic rings. The smallest absolute Gasteiger partial charge is 0.315 e. The predicted molar refractivity (Wildman–Crippen MR) is 94.2 cm³/mol. The zero-order valence-electron chi connectivity index (χ0n) is 14.6. The Morgan fingerprint density at radius 1 is 1.24 bits per heavy atom. The van der Waals surface area contributed by atoms with Crippen LogP contribution in [0.4, 0.5) is 4.79 Å². The van der Waals surface area contributed by atoms with Gasteiger partial charge < -0.3 is 25.2 Å². The molecule has 2 amide bonds. The molecule has 1 saturated heterocycles. The SMILES string of the molecule is O=C(NC[C@H]1COC2(CCCCC2)O1)N[C@H](CO)Cc1ccccc1. The van der Waals surface area contributed by atoms with Crippen molar-refractivity contribution in [2.24, 2.45) is 0 Å². The highest BCUT2D eigenvalue weighted by Crippen LogP contribution is 2.37. The Hall–Kier alpha value is -1.63. The molecule has 6 heteroatoms. The first-order valence-electron chi connectivity index (χ1n) is 9.20. The van der Waals surface area contributed by atoms with Crippen molar-refractivity contribution >= 4 is 6.03 Å². The maximum Gasteiger partial charge on any atom is 0.315 e. The van der Waals surface area contributed by atoms with Crippen LogP contribution in [0, 0.1) is 0 Å². The molecule has 3 N–H and O–H groups in total. The van der Waals surface area contributed by atoms with Gasteiger partial charge in [0.05, 0.1) is 19.3 Å². The summed E-state index contributed by atoms with van der Waals surface area (Å²) in [6, 6.07) is 9.20. The second-order valence-electron chi connectivity index (χ2n) is 6.95. The summed E-state index contributed by atoms with van der Waals surface area (Å²) >= 11 is 0. The summed E-state index contributed by atoms with van der Waals surface area (Å²) < 4.78 is 11.9. The number of nitrogens with one attached hydrogen (secondary N) is 2. The summed E-state index contributed by atoms with van der Waals surface area (Å²) in [6.45, 7) is 0.833. The van der Waals surface area contributed by atoms with Gasteiger partial charge in [-0.05, 0) is 24.8 Å². The molecule has 6 nitrogen and oxygen atoms in total. The predicted octanol–water partition coefficient (Wildman–Crippen LogP) is 1.96. The van der Waals surface area contributed by atoms with Crippen molar-refractivity contribution in [2.45, 2.75) is 56.5 Å². The summed E-state index contributed by atoms with van der Waals surface area (Å²) in [4.78, 5) is 12.1. The van der Waals surface area contributed by atoms with Gasteiger partial charge in [0.1, 0.15) is 6.10 Å². The van der Waals surface area contributed by atoms with Gasteiger partial charge in [-0.1, -0.05) is 36.8 Å². The van der Waals surface area contributed by atoms with Crippen molar-refractivity contribution in [3.63, 3.8) is 0 Å². The van der Waals surface area contributed by atoms with Gasteiger partial charge in [-0.3, -0.25) is 0 Å². The van der Waals surface area contributed by atoms with E-state index in [2.05, 4.69) is 10.6 Å². The van der Waals surface area contributed by atoms with Gasteiger partial charge in [0.2, 0.25) is 0 Å². The van der Waals surface area contributed by atoms with Crippen LogP contribution in [0.1, 0.15) is 37.7 Å². The van der Waals surface area contributed by atoms with Gasteiger partial charge >= 0.3 is 6.03 Å². The van der Waals surface area contributed by atoms with Crippen molar-refractivity contribution in [3.05, 3.63) is 35.9 Å². The quantitative estimate of drug-likeness (QED) is 0.734. The second kappa shape index (κ2) is 8.65. The van der Waals surface area contributed by atoms with Crippen molar-refractivity contribution in [1.82, 2.24) is 10.6 Å². The molecule has 2 aliphatic rings. The molecule has 1 saturated carbocycles. The lowest BCUT2D eigenvalue weighted by Gasteiger charge is -2.31. The molecule has 1 aromatic carbocycles. The Morgan fingerprint density at radius 3 is 2.72 bits per heavy atom. The molecule has 0 aromatic heterocycles. The van der Waals surface area contributed by atoms with Crippen LogP contribution in [0.15, 0.2) is 30.3 Å². The molecule has 2 atom stereocenters. The number of urea groups is 1. The maximum atomic E-state index is 12.1. The molecule has 138 valence electrons. The fraction of sp³-hybridized carbons (Fsp3) is 0.632. The number of benzene rings is 1. The third-order valence-electron chi connectivity index (χ3n) is 4.90. The average Bonchev–Trinajstić information content (AvgIpc) is 3.03. The van der Waals surface area contributed by atoms with E-state index in [1.807, 2.05) is 30.3 Å². The minimum absolute atomic E-state index is 0.103. The number of aliphatic hydroxyl groups is 1. The van der Waals surface area contributed by atoms with Gasteiger partial charge in [-0.2, -0.15) is 0 Å². The van der Waals surface area contributed by atoms with Crippen LogP contribution in [-0.2, 0) is 15.9 Å². The molecule has 0 bridgehead atoms. The van der Waals surface area contributed by atoms with E-state index in [1.54, 1.807) is 0 Å². The largest absolute Gasteiger partial charge is 0.394 e. The maximum absolute atomic E-state index is 12.1. The van der Waals surface area contributed by atoms with Crippen molar-refractivity contribution in [2.75, 3.05) is 19.8 Å². The molecule has 0 unspecified atom stereocenters. The first-order chi connectivity index (χ1) is 12.2. The Bertz CT molecular complexity index is 546. The zero-order chi connectivity index (χ0) is 17.5. The van der Waals surface area contributed by atoms with E-state index in [0.717, 1.165) is 31.2 Å². The number of rotatable bonds is 6. The number of amides is 2. The number of aliphatic hydroxyl groups excluding tert-OH is 1. The minimum atomic E-state index is -0.415. The molecule has 0 radical (unpaired) electrons. The van der Waals surface area contributed by atoms with Crippen molar-refractivity contribution < 1.29 is 19.4 Å². The van der Waals surface area contributed by atoms with Crippen LogP contribution in [0.25, 0.3) is 0 Å². The molecule has 1 spiro atoms. The highest BCUT2D eigenvalue weighted by molar-refractivity contribution is 5.74. The van der Waals surface area contributed by atoms with E-state index in [0.29, 0.717) is 19.6 Å². The third kappa shape index (κ3) is 5.17. The van der Waals surface area contributed by atoms with Crippen LogP contribution in [-0.4, -0.2) is 48.8 Å². The zero-order valence-corrected chi connectivity index (χ0v) is 14.6. The second-order valence-corrected chi connectivity index (χ2v) is 6.95. The van der Waals surface area contributed by atoms with Gasteiger partial charge in [-0.25, -0.2) is 4.79 Å². The minimum Gasteiger partial charge on any atom is -0.394 e. The average molecular weight is 348 g/mol. The fourth-order valence-electron chi connectivity index (χ4n) is 3.57. The van der Waals surface area contributed by atoms with Crippen LogP contribution >= 0.6 is 0 Å². The van der Waals surface area contributed by atoms with Gasteiger partial charge in [0, 0.05) is 19.4 Å². The fourth-order valence-corrected chi connectivity index (χ4v) is 3.57.